The topological polar surface area (TPSA) is 49.4 Å². The number of sulfonamides is 1. The predicted molar refractivity (Wildman–Crippen MR) is 83.4 cm³/mol. The number of hydrogen-bond acceptors (Lipinski definition) is 3. The Morgan fingerprint density at radius 2 is 2.00 bits per heavy atom. The van der Waals surface area contributed by atoms with Crippen LogP contribution in [0, 0.1) is 5.92 Å². The van der Waals surface area contributed by atoms with Crippen molar-refractivity contribution in [2.75, 3.05) is 23.7 Å². The Morgan fingerprint density at radius 1 is 1.30 bits per heavy atom. The van der Waals surface area contributed by atoms with E-state index in [0.29, 0.717) is 6.54 Å². The minimum atomic E-state index is -3.15. The molecule has 0 amide bonds. The Bertz CT molecular complexity index is 514. The molecule has 20 heavy (non-hydrogen) atoms. The van der Waals surface area contributed by atoms with E-state index < -0.39 is 10.0 Å². The van der Waals surface area contributed by atoms with Crippen molar-refractivity contribution in [1.82, 2.24) is 4.72 Å². The summed E-state index contributed by atoms with van der Waals surface area (Å²) in [6.07, 6.45) is 2.16. The van der Waals surface area contributed by atoms with Crippen molar-refractivity contribution in [3.63, 3.8) is 0 Å². The van der Waals surface area contributed by atoms with E-state index in [0.717, 1.165) is 19.4 Å². The Labute approximate surface area is 122 Å². The van der Waals surface area contributed by atoms with Gasteiger partial charge in [-0.1, -0.05) is 32.0 Å². The zero-order chi connectivity index (χ0) is 14.6. The molecule has 0 spiro atoms. The van der Waals surface area contributed by atoms with E-state index in [9.17, 15) is 8.42 Å². The van der Waals surface area contributed by atoms with E-state index in [1.807, 2.05) is 32.0 Å². The van der Waals surface area contributed by atoms with Crippen molar-refractivity contribution in [3.8, 4) is 0 Å². The van der Waals surface area contributed by atoms with E-state index in [2.05, 4.69) is 21.8 Å². The third-order valence-electron chi connectivity index (χ3n) is 3.56. The van der Waals surface area contributed by atoms with Crippen LogP contribution in [0.15, 0.2) is 30.3 Å². The van der Waals surface area contributed by atoms with Crippen molar-refractivity contribution in [3.05, 3.63) is 30.3 Å². The molecule has 1 fully saturated rings. The van der Waals surface area contributed by atoms with Crippen LogP contribution in [0.1, 0.15) is 26.7 Å². The van der Waals surface area contributed by atoms with Crippen molar-refractivity contribution in [1.29, 1.82) is 0 Å². The lowest BCUT2D eigenvalue weighted by Crippen LogP contribution is -2.41. The van der Waals surface area contributed by atoms with Gasteiger partial charge >= 0.3 is 0 Å². The van der Waals surface area contributed by atoms with Crippen LogP contribution in [0.25, 0.3) is 0 Å². The lowest BCUT2D eigenvalue weighted by Gasteiger charge is -2.27. The zero-order valence-electron chi connectivity index (χ0n) is 12.2. The molecule has 1 saturated heterocycles. The second-order valence-corrected chi connectivity index (χ2v) is 7.70. The summed E-state index contributed by atoms with van der Waals surface area (Å²) in [6.45, 7) is 5.35. The van der Waals surface area contributed by atoms with Gasteiger partial charge in [-0.05, 0) is 30.9 Å². The molecule has 1 unspecified atom stereocenters. The van der Waals surface area contributed by atoms with Crippen LogP contribution in [-0.4, -0.2) is 33.3 Å². The molecule has 0 aromatic heterocycles. The van der Waals surface area contributed by atoms with Crippen molar-refractivity contribution in [2.45, 2.75) is 32.7 Å². The maximum atomic E-state index is 11.9. The molecular weight excluding hydrogens is 272 g/mol. The fourth-order valence-corrected chi connectivity index (χ4v) is 4.17. The van der Waals surface area contributed by atoms with Crippen LogP contribution in [0.3, 0.4) is 0 Å². The van der Waals surface area contributed by atoms with Gasteiger partial charge in [0.15, 0.2) is 0 Å². The minimum Gasteiger partial charge on any atom is -0.367 e. The molecule has 1 aromatic carbocycles. The number of nitrogens with zero attached hydrogens (tertiary/aromatic N) is 1. The van der Waals surface area contributed by atoms with Crippen molar-refractivity contribution >= 4 is 15.7 Å². The SMILES string of the molecule is CC(C)CS(=O)(=O)NCC1CCCN1c1ccccc1. The molecule has 0 radical (unpaired) electrons. The van der Waals surface area contributed by atoms with Gasteiger partial charge in [-0.25, -0.2) is 13.1 Å². The van der Waals surface area contributed by atoms with Crippen molar-refractivity contribution in [2.24, 2.45) is 5.92 Å². The molecule has 0 aliphatic carbocycles. The first kappa shape index (κ1) is 15.3. The highest BCUT2D eigenvalue weighted by Crippen LogP contribution is 2.24. The fraction of sp³-hybridized carbons (Fsp3) is 0.600. The molecule has 4 nitrogen and oxygen atoms in total. The molecule has 1 aliphatic rings. The third-order valence-corrected chi connectivity index (χ3v) is 5.27. The summed E-state index contributed by atoms with van der Waals surface area (Å²) in [5.74, 6) is 0.353. The maximum absolute atomic E-state index is 11.9. The van der Waals surface area contributed by atoms with E-state index >= 15 is 0 Å². The van der Waals surface area contributed by atoms with Crippen LogP contribution >= 0.6 is 0 Å². The Balaban J connectivity index is 1.96. The molecule has 2 rings (SSSR count). The largest absolute Gasteiger partial charge is 0.367 e. The quantitative estimate of drug-likeness (QED) is 0.876. The van der Waals surface area contributed by atoms with Crippen LogP contribution < -0.4 is 9.62 Å². The molecule has 1 atom stereocenters. The molecule has 1 N–H and O–H groups in total. The molecule has 5 heteroatoms. The number of rotatable bonds is 6. The first-order valence-electron chi connectivity index (χ1n) is 7.27. The van der Waals surface area contributed by atoms with Gasteiger partial charge in [0.1, 0.15) is 0 Å². The molecule has 1 heterocycles. The number of benzene rings is 1. The molecule has 112 valence electrons. The summed E-state index contributed by atoms with van der Waals surface area (Å²) in [5, 5.41) is 0. The second-order valence-electron chi connectivity index (χ2n) is 5.85. The summed E-state index contributed by atoms with van der Waals surface area (Å²) in [7, 11) is -3.15. The second kappa shape index (κ2) is 6.59. The Hall–Kier alpha value is -1.07. The summed E-state index contributed by atoms with van der Waals surface area (Å²) in [5.41, 5.74) is 1.18. The van der Waals surface area contributed by atoms with Gasteiger partial charge in [0.2, 0.25) is 10.0 Å². The zero-order valence-corrected chi connectivity index (χ0v) is 13.1. The van der Waals surface area contributed by atoms with E-state index in [4.69, 9.17) is 0 Å². The van der Waals surface area contributed by atoms with Crippen molar-refractivity contribution < 1.29 is 8.42 Å². The number of para-hydroxylation sites is 1. The smallest absolute Gasteiger partial charge is 0.211 e. The fourth-order valence-electron chi connectivity index (χ4n) is 2.73. The average Bonchev–Trinajstić information content (AvgIpc) is 2.84. The van der Waals surface area contributed by atoms with E-state index in [1.165, 1.54) is 5.69 Å². The van der Waals surface area contributed by atoms with Gasteiger partial charge in [0, 0.05) is 24.8 Å². The Kier molecular flexibility index (Phi) is 5.05. The standard InChI is InChI=1S/C15H24N2O2S/c1-13(2)12-20(18,19)16-11-15-9-6-10-17(15)14-7-4-3-5-8-14/h3-5,7-8,13,15-16H,6,9-12H2,1-2H3. The first-order chi connectivity index (χ1) is 9.48. The van der Waals surface area contributed by atoms with Gasteiger partial charge in [-0.3, -0.25) is 0 Å². The maximum Gasteiger partial charge on any atom is 0.211 e. The first-order valence-corrected chi connectivity index (χ1v) is 8.92. The summed E-state index contributed by atoms with van der Waals surface area (Å²) in [6, 6.07) is 10.5. The van der Waals surface area contributed by atoms with E-state index in [1.54, 1.807) is 0 Å². The highest BCUT2D eigenvalue weighted by molar-refractivity contribution is 7.89. The van der Waals surface area contributed by atoms with Gasteiger partial charge in [-0.15, -0.1) is 0 Å². The highest BCUT2D eigenvalue weighted by Gasteiger charge is 2.26. The van der Waals surface area contributed by atoms with Crippen LogP contribution in [0.4, 0.5) is 5.69 Å². The van der Waals surface area contributed by atoms with Crippen LogP contribution in [0.2, 0.25) is 0 Å². The van der Waals surface area contributed by atoms with Gasteiger partial charge in [0.25, 0.3) is 0 Å². The third kappa shape index (κ3) is 4.21. The molecule has 0 saturated carbocycles. The number of hydrogen-bond donors (Lipinski definition) is 1. The average molecular weight is 296 g/mol. The van der Waals surface area contributed by atoms with Crippen LogP contribution in [0.5, 0.6) is 0 Å². The summed E-state index contributed by atoms with van der Waals surface area (Å²) >= 11 is 0. The van der Waals surface area contributed by atoms with Crippen LogP contribution in [-0.2, 0) is 10.0 Å². The monoisotopic (exact) mass is 296 g/mol. The predicted octanol–water partition coefficient (Wildman–Crippen LogP) is 2.23. The van der Waals surface area contributed by atoms with E-state index in [-0.39, 0.29) is 17.7 Å². The summed E-state index contributed by atoms with van der Waals surface area (Å²) < 4.78 is 26.6. The molecule has 1 aromatic rings. The van der Waals surface area contributed by atoms with Gasteiger partial charge in [-0.2, -0.15) is 0 Å². The highest BCUT2D eigenvalue weighted by atomic mass is 32.2. The lowest BCUT2D eigenvalue weighted by atomic mass is 10.2. The number of anilines is 1. The molecule has 0 bridgehead atoms. The molecular formula is C15H24N2O2S. The Morgan fingerprint density at radius 3 is 2.65 bits per heavy atom. The van der Waals surface area contributed by atoms with Gasteiger partial charge in [0.05, 0.1) is 5.75 Å². The summed E-state index contributed by atoms with van der Waals surface area (Å²) in [4.78, 5) is 2.30. The normalized spacial score (nSPS) is 19.8. The lowest BCUT2D eigenvalue weighted by molar-refractivity contribution is 0.556. The minimum absolute atomic E-state index is 0.154. The number of nitrogens with one attached hydrogen (secondary N) is 1. The molecule has 1 aliphatic heterocycles. The van der Waals surface area contributed by atoms with Gasteiger partial charge < -0.3 is 4.90 Å².